The SMILES string of the molecule is Cl.Cl.Cl.Cl.Nc1cc(N)cc(C(=O)O)c1.Nc1cc(N)cc(C(=O)O)c1.O. The Bertz CT molecular complexity index is 633. The number of anilines is 4. The van der Waals surface area contributed by atoms with Crippen LogP contribution in [0.3, 0.4) is 0 Å². The van der Waals surface area contributed by atoms with Crippen molar-refractivity contribution in [3.8, 4) is 0 Å². The molecule has 9 nitrogen and oxygen atoms in total. The Morgan fingerprint density at radius 3 is 0.889 bits per heavy atom. The lowest BCUT2D eigenvalue weighted by atomic mass is 10.2. The van der Waals surface area contributed by atoms with Gasteiger partial charge in [-0.3, -0.25) is 0 Å². The van der Waals surface area contributed by atoms with Crippen LogP contribution in [0.4, 0.5) is 22.7 Å². The van der Waals surface area contributed by atoms with Crippen molar-refractivity contribution in [2.45, 2.75) is 0 Å². The van der Waals surface area contributed by atoms with Gasteiger partial charge in [0.25, 0.3) is 0 Å². The molecule has 12 N–H and O–H groups in total. The summed E-state index contributed by atoms with van der Waals surface area (Å²) in [5.74, 6) is -2.05. The third-order valence-corrected chi connectivity index (χ3v) is 2.45. The van der Waals surface area contributed by atoms with Gasteiger partial charge in [0.1, 0.15) is 0 Å². The molecule has 0 aliphatic carbocycles. The van der Waals surface area contributed by atoms with E-state index in [4.69, 9.17) is 33.1 Å². The summed E-state index contributed by atoms with van der Waals surface area (Å²) < 4.78 is 0. The van der Waals surface area contributed by atoms with Crippen molar-refractivity contribution in [1.29, 1.82) is 0 Å². The molecule has 2 aromatic rings. The summed E-state index contributed by atoms with van der Waals surface area (Å²) in [6.07, 6.45) is 0. The van der Waals surface area contributed by atoms with Crippen molar-refractivity contribution < 1.29 is 25.3 Å². The van der Waals surface area contributed by atoms with E-state index in [0.29, 0.717) is 22.7 Å². The molecule has 0 saturated carbocycles. The lowest BCUT2D eigenvalue weighted by Crippen LogP contribution is -1.99. The smallest absolute Gasteiger partial charge is 0.335 e. The van der Waals surface area contributed by atoms with Crippen molar-refractivity contribution in [3.05, 3.63) is 47.5 Å². The summed E-state index contributed by atoms with van der Waals surface area (Å²) in [5, 5.41) is 17.0. The van der Waals surface area contributed by atoms with Gasteiger partial charge in [-0.15, -0.1) is 49.6 Å². The minimum absolute atomic E-state index is 0. The summed E-state index contributed by atoms with van der Waals surface area (Å²) in [6.45, 7) is 0. The fourth-order valence-corrected chi connectivity index (χ4v) is 1.60. The predicted octanol–water partition coefficient (Wildman–Crippen LogP) is 1.96. The highest BCUT2D eigenvalue weighted by atomic mass is 35.5. The first-order chi connectivity index (χ1) is 10.2. The number of carboxylic acid groups (broad SMARTS) is 2. The predicted molar refractivity (Wildman–Crippen MR) is 117 cm³/mol. The van der Waals surface area contributed by atoms with E-state index in [1.807, 2.05) is 0 Å². The number of rotatable bonds is 2. The number of benzene rings is 2. The highest BCUT2D eigenvalue weighted by Gasteiger charge is 2.03. The zero-order chi connectivity index (χ0) is 16.9. The molecule has 0 saturated heterocycles. The maximum atomic E-state index is 10.4. The molecule has 0 radical (unpaired) electrons. The van der Waals surface area contributed by atoms with Gasteiger partial charge in [0.2, 0.25) is 0 Å². The van der Waals surface area contributed by atoms with E-state index < -0.39 is 11.9 Å². The molecular weight excluding hydrogens is 446 g/mol. The van der Waals surface area contributed by atoms with Crippen LogP contribution in [0.25, 0.3) is 0 Å². The molecule has 2 rings (SSSR count). The summed E-state index contributed by atoms with van der Waals surface area (Å²) in [5.41, 5.74) is 23.1. The molecule has 0 aliphatic rings. The fraction of sp³-hybridized carbons (Fsp3) is 0. The minimum atomic E-state index is -1.02. The number of carbonyl (C=O) groups is 2. The van der Waals surface area contributed by atoms with Gasteiger partial charge in [0, 0.05) is 22.7 Å². The number of nitrogen functional groups attached to an aromatic ring is 4. The van der Waals surface area contributed by atoms with Crippen LogP contribution in [-0.4, -0.2) is 27.6 Å². The first-order valence-corrected chi connectivity index (χ1v) is 5.97. The van der Waals surface area contributed by atoms with Crippen LogP contribution in [0.2, 0.25) is 0 Å². The Labute approximate surface area is 180 Å². The molecule has 0 atom stereocenters. The van der Waals surface area contributed by atoms with Crippen molar-refractivity contribution in [2.24, 2.45) is 0 Å². The van der Waals surface area contributed by atoms with E-state index in [1.54, 1.807) is 0 Å². The first-order valence-electron chi connectivity index (χ1n) is 5.97. The Morgan fingerprint density at radius 1 is 0.556 bits per heavy atom. The van der Waals surface area contributed by atoms with Crippen molar-refractivity contribution in [2.75, 3.05) is 22.9 Å². The highest BCUT2D eigenvalue weighted by molar-refractivity contribution is 5.90. The van der Waals surface area contributed by atoms with Crippen LogP contribution < -0.4 is 22.9 Å². The second-order valence-corrected chi connectivity index (χ2v) is 4.39. The van der Waals surface area contributed by atoms with Crippen LogP contribution in [0.1, 0.15) is 20.7 Å². The van der Waals surface area contributed by atoms with Crippen LogP contribution in [0, 0.1) is 0 Å². The Kier molecular flexibility index (Phi) is 21.1. The first kappa shape index (κ1) is 35.7. The number of aromatic carboxylic acids is 2. The van der Waals surface area contributed by atoms with Crippen LogP contribution in [-0.2, 0) is 0 Å². The van der Waals surface area contributed by atoms with E-state index in [0.717, 1.165) is 0 Å². The van der Waals surface area contributed by atoms with Crippen molar-refractivity contribution >= 4 is 84.3 Å². The van der Waals surface area contributed by atoms with Gasteiger partial charge in [-0.05, 0) is 36.4 Å². The summed E-state index contributed by atoms with van der Waals surface area (Å²) in [7, 11) is 0. The number of halogens is 4. The van der Waals surface area contributed by atoms with E-state index in [1.165, 1.54) is 36.4 Å². The maximum Gasteiger partial charge on any atom is 0.335 e. The van der Waals surface area contributed by atoms with Crippen molar-refractivity contribution in [1.82, 2.24) is 0 Å². The number of nitrogens with two attached hydrogens (primary N) is 4. The number of hydrogen-bond donors (Lipinski definition) is 6. The quantitative estimate of drug-likeness (QED) is 0.358. The topological polar surface area (TPSA) is 210 Å². The summed E-state index contributed by atoms with van der Waals surface area (Å²) in [4.78, 5) is 20.8. The Hall–Kier alpha value is -2.30. The Balaban J connectivity index is -0.000000101. The normalized spacial score (nSPS) is 7.70. The van der Waals surface area contributed by atoms with Gasteiger partial charge in [-0.1, -0.05) is 0 Å². The van der Waals surface area contributed by atoms with E-state index in [9.17, 15) is 9.59 Å². The van der Waals surface area contributed by atoms with E-state index in [-0.39, 0.29) is 66.2 Å². The second-order valence-electron chi connectivity index (χ2n) is 4.39. The molecule has 0 aliphatic heterocycles. The third kappa shape index (κ3) is 12.7. The zero-order valence-electron chi connectivity index (χ0n) is 13.6. The van der Waals surface area contributed by atoms with Crippen LogP contribution >= 0.6 is 49.6 Å². The van der Waals surface area contributed by atoms with Gasteiger partial charge < -0.3 is 38.6 Å². The lowest BCUT2D eigenvalue weighted by Gasteiger charge is -1.98. The van der Waals surface area contributed by atoms with E-state index >= 15 is 0 Å². The van der Waals surface area contributed by atoms with Gasteiger partial charge in [-0.25, -0.2) is 9.59 Å². The average molecular weight is 468 g/mol. The second kappa shape index (κ2) is 15.9. The molecule has 0 unspecified atom stereocenters. The van der Waals surface area contributed by atoms with Crippen LogP contribution in [0.15, 0.2) is 36.4 Å². The third-order valence-electron chi connectivity index (χ3n) is 2.45. The lowest BCUT2D eigenvalue weighted by molar-refractivity contribution is 0.0686. The van der Waals surface area contributed by atoms with Gasteiger partial charge >= 0.3 is 11.9 Å². The summed E-state index contributed by atoms with van der Waals surface area (Å²) >= 11 is 0. The molecular formula is C14H22Cl4N4O5. The highest BCUT2D eigenvalue weighted by Crippen LogP contribution is 2.13. The van der Waals surface area contributed by atoms with Gasteiger partial charge in [-0.2, -0.15) is 0 Å². The minimum Gasteiger partial charge on any atom is -0.478 e. The molecule has 2 aromatic carbocycles. The van der Waals surface area contributed by atoms with Gasteiger partial charge in [0.05, 0.1) is 11.1 Å². The van der Waals surface area contributed by atoms with Gasteiger partial charge in [0.15, 0.2) is 0 Å². The molecule has 156 valence electrons. The molecule has 0 heterocycles. The molecule has 0 fully saturated rings. The molecule has 13 heteroatoms. The molecule has 27 heavy (non-hydrogen) atoms. The Morgan fingerprint density at radius 2 is 0.741 bits per heavy atom. The number of carboxylic acids is 2. The molecule has 0 amide bonds. The standard InChI is InChI=1S/2C7H8N2O2.4ClH.H2O/c2*8-5-1-4(7(10)11)2-6(9)3-5;;;;;/h2*1-3H,8-9H2,(H,10,11);4*1H;1H2. The molecule has 0 spiro atoms. The average Bonchev–Trinajstić information content (AvgIpc) is 2.37. The zero-order valence-corrected chi connectivity index (χ0v) is 16.9. The van der Waals surface area contributed by atoms with Crippen LogP contribution in [0.5, 0.6) is 0 Å². The molecule has 0 aromatic heterocycles. The summed E-state index contributed by atoms with van der Waals surface area (Å²) in [6, 6.07) is 8.45. The monoisotopic (exact) mass is 466 g/mol. The largest absolute Gasteiger partial charge is 0.478 e. The van der Waals surface area contributed by atoms with Crippen molar-refractivity contribution in [3.63, 3.8) is 0 Å². The van der Waals surface area contributed by atoms with E-state index in [2.05, 4.69) is 0 Å². The maximum absolute atomic E-state index is 10.4. The number of hydrogen-bond acceptors (Lipinski definition) is 6. The molecule has 0 bridgehead atoms. The fourth-order valence-electron chi connectivity index (χ4n) is 1.60.